The molecule has 100 valence electrons. The third-order valence-corrected chi connectivity index (χ3v) is 4.09. The molecule has 0 bridgehead atoms. The van der Waals surface area contributed by atoms with Crippen molar-refractivity contribution in [2.45, 2.75) is 32.2 Å². The van der Waals surface area contributed by atoms with Crippen molar-refractivity contribution in [1.29, 1.82) is 0 Å². The van der Waals surface area contributed by atoms with Gasteiger partial charge >= 0.3 is 0 Å². The fourth-order valence-electron chi connectivity index (χ4n) is 3.16. The fraction of sp³-hybridized carbons (Fsp3) is 0.438. The molecule has 1 aromatic heterocycles. The summed E-state index contributed by atoms with van der Waals surface area (Å²) < 4.78 is 0. The van der Waals surface area contributed by atoms with Crippen LogP contribution < -0.4 is 5.32 Å². The Hall–Kier alpha value is -1.61. The molecule has 1 unspecified atom stereocenters. The highest BCUT2D eigenvalue weighted by Crippen LogP contribution is 2.29. The number of nitrogens with zero attached hydrogens (tertiary/aromatic N) is 1. The maximum atomic E-state index is 4.36. The Labute approximate surface area is 114 Å². The molecular weight excluding hydrogens is 234 g/mol. The lowest BCUT2D eigenvalue weighted by molar-refractivity contribution is 0.363. The normalized spacial score (nSPS) is 16.5. The lowest BCUT2D eigenvalue weighted by Gasteiger charge is -2.23. The summed E-state index contributed by atoms with van der Waals surface area (Å²) in [4.78, 5) is 7.58. The number of H-pyrrole nitrogens is 1. The number of aromatic nitrogens is 2. The molecule has 1 atom stereocenters. The summed E-state index contributed by atoms with van der Waals surface area (Å²) in [6.45, 7) is 3.19. The number of likely N-dealkylation sites (N-methyl/N-ethyl adjacent to an activating group) is 1. The van der Waals surface area contributed by atoms with Crippen LogP contribution in [-0.2, 0) is 19.3 Å². The highest BCUT2D eigenvalue weighted by Gasteiger charge is 2.28. The van der Waals surface area contributed by atoms with Crippen molar-refractivity contribution >= 4 is 0 Å². The van der Waals surface area contributed by atoms with E-state index >= 15 is 0 Å². The van der Waals surface area contributed by atoms with E-state index in [1.807, 2.05) is 12.4 Å². The highest BCUT2D eigenvalue weighted by molar-refractivity contribution is 5.32. The van der Waals surface area contributed by atoms with Crippen LogP contribution in [0.15, 0.2) is 36.7 Å². The second kappa shape index (κ2) is 5.57. The Morgan fingerprint density at radius 1 is 1.32 bits per heavy atom. The van der Waals surface area contributed by atoms with Gasteiger partial charge in [-0.1, -0.05) is 31.2 Å². The van der Waals surface area contributed by atoms with Crippen LogP contribution in [0, 0.1) is 5.92 Å². The maximum absolute atomic E-state index is 4.36. The van der Waals surface area contributed by atoms with E-state index in [1.165, 1.54) is 24.0 Å². The Balaban J connectivity index is 1.72. The van der Waals surface area contributed by atoms with Gasteiger partial charge in [-0.2, -0.15) is 0 Å². The minimum absolute atomic E-state index is 0.503. The summed E-state index contributed by atoms with van der Waals surface area (Å²) in [5.74, 6) is 1.77. The van der Waals surface area contributed by atoms with Gasteiger partial charge in [0.25, 0.3) is 0 Å². The van der Waals surface area contributed by atoms with E-state index in [9.17, 15) is 0 Å². The molecule has 2 aromatic rings. The first-order valence-electron chi connectivity index (χ1n) is 7.15. The Kier molecular flexibility index (Phi) is 3.65. The standard InChI is InChI=1S/C16H21N3/c1-2-17-15(11-16-18-7-8-19-16)14-9-12-5-3-4-6-13(12)10-14/h3-8,14-15,17H,2,9-11H2,1H3,(H,18,19). The number of aromatic amines is 1. The van der Waals surface area contributed by atoms with Crippen molar-refractivity contribution in [3.05, 3.63) is 53.6 Å². The van der Waals surface area contributed by atoms with Crippen LogP contribution in [-0.4, -0.2) is 22.6 Å². The van der Waals surface area contributed by atoms with Crippen molar-refractivity contribution in [3.8, 4) is 0 Å². The minimum atomic E-state index is 0.503. The number of nitrogens with one attached hydrogen (secondary N) is 2. The van der Waals surface area contributed by atoms with Gasteiger partial charge in [0, 0.05) is 24.9 Å². The van der Waals surface area contributed by atoms with Crippen molar-refractivity contribution in [2.24, 2.45) is 5.92 Å². The minimum Gasteiger partial charge on any atom is -0.349 e. The Morgan fingerprint density at radius 3 is 2.63 bits per heavy atom. The van der Waals surface area contributed by atoms with Crippen LogP contribution in [0.1, 0.15) is 23.9 Å². The molecule has 0 fully saturated rings. The summed E-state index contributed by atoms with van der Waals surface area (Å²) in [5, 5.41) is 3.64. The second-order valence-electron chi connectivity index (χ2n) is 5.34. The molecule has 3 heteroatoms. The van der Waals surface area contributed by atoms with Gasteiger partial charge in [-0.05, 0) is 36.4 Å². The van der Waals surface area contributed by atoms with Gasteiger partial charge in [0.1, 0.15) is 5.82 Å². The van der Waals surface area contributed by atoms with Crippen molar-refractivity contribution in [2.75, 3.05) is 6.54 Å². The number of benzene rings is 1. The molecule has 1 heterocycles. The first kappa shape index (κ1) is 12.4. The summed E-state index contributed by atoms with van der Waals surface area (Å²) >= 11 is 0. The van der Waals surface area contributed by atoms with Gasteiger partial charge in [0.2, 0.25) is 0 Å². The third-order valence-electron chi connectivity index (χ3n) is 4.09. The van der Waals surface area contributed by atoms with Gasteiger partial charge in [-0.3, -0.25) is 0 Å². The second-order valence-corrected chi connectivity index (χ2v) is 5.34. The molecule has 0 aliphatic heterocycles. The monoisotopic (exact) mass is 255 g/mol. The van der Waals surface area contributed by atoms with Crippen molar-refractivity contribution in [1.82, 2.24) is 15.3 Å². The first-order chi connectivity index (χ1) is 9.36. The largest absolute Gasteiger partial charge is 0.349 e. The molecule has 19 heavy (non-hydrogen) atoms. The molecule has 0 spiro atoms. The highest BCUT2D eigenvalue weighted by atomic mass is 14.9. The van der Waals surface area contributed by atoms with E-state index in [4.69, 9.17) is 0 Å². The number of rotatable bonds is 5. The van der Waals surface area contributed by atoms with Gasteiger partial charge in [0.15, 0.2) is 0 Å². The summed E-state index contributed by atoms with van der Waals surface area (Å²) in [6, 6.07) is 9.34. The van der Waals surface area contributed by atoms with E-state index in [2.05, 4.69) is 46.5 Å². The van der Waals surface area contributed by atoms with Crippen LogP contribution in [0.5, 0.6) is 0 Å². The zero-order valence-electron chi connectivity index (χ0n) is 11.4. The average molecular weight is 255 g/mol. The van der Waals surface area contributed by atoms with Crippen LogP contribution in [0.4, 0.5) is 0 Å². The molecule has 3 rings (SSSR count). The number of hydrogen-bond donors (Lipinski definition) is 2. The molecule has 1 aliphatic rings. The van der Waals surface area contributed by atoms with Crippen LogP contribution in [0.25, 0.3) is 0 Å². The number of imidazole rings is 1. The molecule has 0 saturated heterocycles. The Morgan fingerprint density at radius 2 is 2.05 bits per heavy atom. The molecular formula is C16H21N3. The van der Waals surface area contributed by atoms with Gasteiger partial charge in [0.05, 0.1) is 0 Å². The number of hydrogen-bond acceptors (Lipinski definition) is 2. The quantitative estimate of drug-likeness (QED) is 0.861. The molecule has 2 N–H and O–H groups in total. The Bertz CT molecular complexity index is 494. The number of fused-ring (bicyclic) bond motifs is 1. The average Bonchev–Trinajstić information content (AvgIpc) is 3.06. The SMILES string of the molecule is CCNC(Cc1ncc[nH]1)C1Cc2ccccc2C1. The van der Waals surface area contributed by atoms with Crippen LogP contribution in [0.3, 0.4) is 0 Å². The topological polar surface area (TPSA) is 40.7 Å². The van der Waals surface area contributed by atoms with Gasteiger partial charge in [-0.15, -0.1) is 0 Å². The molecule has 0 amide bonds. The fourth-order valence-corrected chi connectivity index (χ4v) is 3.16. The molecule has 0 saturated carbocycles. The van der Waals surface area contributed by atoms with E-state index < -0.39 is 0 Å². The van der Waals surface area contributed by atoms with Crippen molar-refractivity contribution in [3.63, 3.8) is 0 Å². The van der Waals surface area contributed by atoms with Gasteiger partial charge < -0.3 is 10.3 Å². The van der Waals surface area contributed by atoms with Gasteiger partial charge in [-0.25, -0.2) is 4.98 Å². The summed E-state index contributed by atoms with van der Waals surface area (Å²) in [6.07, 6.45) is 7.10. The van der Waals surface area contributed by atoms with Crippen molar-refractivity contribution < 1.29 is 0 Å². The first-order valence-corrected chi connectivity index (χ1v) is 7.15. The molecule has 1 aromatic carbocycles. The van der Waals surface area contributed by atoms with Crippen LogP contribution >= 0.6 is 0 Å². The van der Waals surface area contributed by atoms with E-state index in [0.717, 1.165) is 18.8 Å². The zero-order chi connectivity index (χ0) is 13.1. The summed E-state index contributed by atoms with van der Waals surface area (Å²) in [7, 11) is 0. The lowest BCUT2D eigenvalue weighted by Crippen LogP contribution is -2.38. The van der Waals surface area contributed by atoms with E-state index in [-0.39, 0.29) is 0 Å². The zero-order valence-corrected chi connectivity index (χ0v) is 11.4. The molecule has 3 nitrogen and oxygen atoms in total. The molecule has 1 aliphatic carbocycles. The third kappa shape index (κ3) is 2.71. The van der Waals surface area contributed by atoms with E-state index in [0.29, 0.717) is 12.0 Å². The molecule has 0 radical (unpaired) electrons. The maximum Gasteiger partial charge on any atom is 0.107 e. The predicted molar refractivity (Wildman–Crippen MR) is 77.1 cm³/mol. The smallest absolute Gasteiger partial charge is 0.107 e. The summed E-state index contributed by atoms with van der Waals surface area (Å²) in [5.41, 5.74) is 3.05. The lowest BCUT2D eigenvalue weighted by atomic mass is 9.93. The van der Waals surface area contributed by atoms with Crippen LogP contribution in [0.2, 0.25) is 0 Å². The predicted octanol–water partition coefficient (Wildman–Crippen LogP) is 2.35. The van der Waals surface area contributed by atoms with E-state index in [1.54, 1.807) is 0 Å².